The monoisotopic (exact) mass is 301 g/mol. The van der Waals surface area contributed by atoms with Crippen LogP contribution in [0.2, 0.25) is 0 Å². The predicted octanol–water partition coefficient (Wildman–Crippen LogP) is 3.57. The number of benzene rings is 1. The van der Waals surface area contributed by atoms with E-state index in [-0.39, 0.29) is 5.69 Å². The van der Waals surface area contributed by atoms with Gasteiger partial charge in [-0.3, -0.25) is 10.1 Å². The van der Waals surface area contributed by atoms with Crippen molar-refractivity contribution in [1.29, 1.82) is 0 Å². The minimum atomic E-state index is -0.416. The standard InChI is InChI=1S/C12H16BrNO3/c1-8(2)10(13)6-9-4-5-12(17-3)11(7-9)14(15)16/h4-5,7-8,10H,6H2,1-3H3. The van der Waals surface area contributed by atoms with Crippen molar-refractivity contribution in [3.63, 3.8) is 0 Å². The fourth-order valence-corrected chi connectivity index (χ4v) is 1.84. The van der Waals surface area contributed by atoms with Crippen molar-refractivity contribution in [3.05, 3.63) is 33.9 Å². The van der Waals surface area contributed by atoms with Gasteiger partial charge in [-0.15, -0.1) is 0 Å². The highest BCUT2D eigenvalue weighted by atomic mass is 79.9. The molecule has 1 unspecified atom stereocenters. The maximum Gasteiger partial charge on any atom is 0.311 e. The number of hydrogen-bond donors (Lipinski definition) is 0. The first-order valence-corrected chi connectivity index (χ1v) is 6.32. The molecule has 1 rings (SSSR count). The van der Waals surface area contributed by atoms with Crippen LogP contribution in [0.4, 0.5) is 5.69 Å². The summed E-state index contributed by atoms with van der Waals surface area (Å²) < 4.78 is 4.96. The normalized spacial score (nSPS) is 12.5. The molecule has 0 aromatic heterocycles. The lowest BCUT2D eigenvalue weighted by molar-refractivity contribution is -0.385. The van der Waals surface area contributed by atoms with Gasteiger partial charge in [0.1, 0.15) is 0 Å². The molecule has 0 aliphatic carbocycles. The highest BCUT2D eigenvalue weighted by Crippen LogP contribution is 2.29. The molecule has 0 amide bonds. The average Bonchev–Trinajstić information content (AvgIpc) is 2.28. The molecule has 0 fully saturated rings. The van der Waals surface area contributed by atoms with Gasteiger partial charge in [0.2, 0.25) is 0 Å². The Morgan fingerprint density at radius 1 is 1.47 bits per heavy atom. The summed E-state index contributed by atoms with van der Waals surface area (Å²) in [6.07, 6.45) is 0.766. The molecule has 0 saturated carbocycles. The number of nitro groups is 1. The maximum absolute atomic E-state index is 10.9. The topological polar surface area (TPSA) is 52.4 Å². The van der Waals surface area contributed by atoms with Crippen molar-refractivity contribution >= 4 is 21.6 Å². The molecule has 4 nitrogen and oxygen atoms in total. The van der Waals surface area contributed by atoms with Crippen LogP contribution >= 0.6 is 15.9 Å². The molecule has 0 aliphatic heterocycles. The van der Waals surface area contributed by atoms with E-state index in [0.717, 1.165) is 12.0 Å². The largest absolute Gasteiger partial charge is 0.490 e. The van der Waals surface area contributed by atoms with E-state index in [1.807, 2.05) is 6.07 Å². The lowest BCUT2D eigenvalue weighted by Gasteiger charge is -2.13. The van der Waals surface area contributed by atoms with Crippen LogP contribution in [0.1, 0.15) is 19.4 Å². The number of methoxy groups -OCH3 is 1. The van der Waals surface area contributed by atoms with Crippen LogP contribution in [0.25, 0.3) is 0 Å². The molecule has 0 radical (unpaired) electrons. The second kappa shape index (κ2) is 6.00. The Hall–Kier alpha value is -1.10. The molecule has 0 heterocycles. The van der Waals surface area contributed by atoms with Gasteiger partial charge < -0.3 is 4.74 Å². The van der Waals surface area contributed by atoms with Gasteiger partial charge in [0.25, 0.3) is 0 Å². The molecule has 0 bridgehead atoms. The number of nitro benzene ring substituents is 1. The van der Waals surface area contributed by atoms with Crippen LogP contribution in [-0.4, -0.2) is 16.9 Å². The number of alkyl halides is 1. The van der Waals surface area contributed by atoms with E-state index < -0.39 is 4.92 Å². The number of ether oxygens (including phenoxy) is 1. The van der Waals surface area contributed by atoms with Crippen molar-refractivity contribution in [1.82, 2.24) is 0 Å². The smallest absolute Gasteiger partial charge is 0.311 e. The van der Waals surface area contributed by atoms with Crippen LogP contribution in [0.5, 0.6) is 5.75 Å². The lowest BCUT2D eigenvalue weighted by atomic mass is 10.0. The van der Waals surface area contributed by atoms with Gasteiger partial charge in [0.15, 0.2) is 5.75 Å². The third kappa shape index (κ3) is 3.70. The molecule has 94 valence electrons. The Kier molecular flexibility index (Phi) is 4.93. The van der Waals surface area contributed by atoms with Gasteiger partial charge in [-0.25, -0.2) is 0 Å². The Morgan fingerprint density at radius 2 is 2.12 bits per heavy atom. The van der Waals surface area contributed by atoms with E-state index in [0.29, 0.717) is 16.5 Å². The van der Waals surface area contributed by atoms with Crippen molar-refractivity contribution in [3.8, 4) is 5.75 Å². The Morgan fingerprint density at radius 3 is 2.59 bits per heavy atom. The zero-order chi connectivity index (χ0) is 13.0. The van der Waals surface area contributed by atoms with E-state index in [2.05, 4.69) is 29.8 Å². The fourth-order valence-electron chi connectivity index (χ4n) is 1.47. The van der Waals surface area contributed by atoms with E-state index in [1.165, 1.54) is 7.11 Å². The van der Waals surface area contributed by atoms with E-state index in [4.69, 9.17) is 4.74 Å². The average molecular weight is 302 g/mol. The van der Waals surface area contributed by atoms with Gasteiger partial charge >= 0.3 is 5.69 Å². The molecule has 1 aromatic carbocycles. The quantitative estimate of drug-likeness (QED) is 0.474. The molecule has 17 heavy (non-hydrogen) atoms. The van der Waals surface area contributed by atoms with E-state index >= 15 is 0 Å². The number of nitrogens with zero attached hydrogens (tertiary/aromatic N) is 1. The van der Waals surface area contributed by atoms with Crippen LogP contribution in [0.15, 0.2) is 18.2 Å². The minimum Gasteiger partial charge on any atom is -0.490 e. The van der Waals surface area contributed by atoms with Crippen LogP contribution < -0.4 is 4.74 Å². The molecule has 5 heteroatoms. The van der Waals surface area contributed by atoms with Crippen LogP contribution in [0, 0.1) is 16.0 Å². The summed E-state index contributed by atoms with van der Waals surface area (Å²) >= 11 is 3.57. The zero-order valence-corrected chi connectivity index (χ0v) is 11.7. The molecule has 0 N–H and O–H groups in total. The summed E-state index contributed by atoms with van der Waals surface area (Å²) in [4.78, 5) is 10.8. The molecule has 1 atom stereocenters. The lowest BCUT2D eigenvalue weighted by Crippen LogP contribution is -2.10. The molecule has 1 aromatic rings. The molecule has 0 aliphatic rings. The van der Waals surface area contributed by atoms with Gasteiger partial charge in [0.05, 0.1) is 12.0 Å². The molecular weight excluding hydrogens is 286 g/mol. The summed E-state index contributed by atoms with van der Waals surface area (Å²) in [5.41, 5.74) is 0.960. The number of rotatable bonds is 5. The summed E-state index contributed by atoms with van der Waals surface area (Å²) in [5, 5.41) is 10.9. The van der Waals surface area contributed by atoms with Gasteiger partial charge in [0, 0.05) is 10.9 Å². The van der Waals surface area contributed by atoms with E-state index in [9.17, 15) is 10.1 Å². The van der Waals surface area contributed by atoms with Crippen LogP contribution in [0.3, 0.4) is 0 Å². The summed E-state index contributed by atoms with van der Waals surface area (Å²) in [6, 6.07) is 5.09. The van der Waals surface area contributed by atoms with Crippen LogP contribution in [-0.2, 0) is 6.42 Å². The highest BCUT2D eigenvalue weighted by Gasteiger charge is 2.17. The maximum atomic E-state index is 10.9. The first-order valence-electron chi connectivity index (χ1n) is 5.41. The Labute approximate surface area is 109 Å². The van der Waals surface area contributed by atoms with Gasteiger partial charge in [-0.2, -0.15) is 0 Å². The SMILES string of the molecule is COc1ccc(CC(Br)C(C)C)cc1[N+](=O)[O-]. The van der Waals surface area contributed by atoms with Crippen molar-refractivity contribution in [2.45, 2.75) is 25.1 Å². The Bertz CT molecular complexity index is 407. The van der Waals surface area contributed by atoms with Gasteiger partial charge in [-0.1, -0.05) is 35.8 Å². The third-order valence-electron chi connectivity index (χ3n) is 2.59. The molecule has 0 saturated heterocycles. The first-order chi connectivity index (χ1) is 7.95. The highest BCUT2D eigenvalue weighted by molar-refractivity contribution is 9.09. The summed E-state index contributed by atoms with van der Waals surface area (Å²) in [6.45, 7) is 4.22. The number of hydrogen-bond acceptors (Lipinski definition) is 3. The second-order valence-corrected chi connectivity index (χ2v) is 5.40. The van der Waals surface area contributed by atoms with Crippen molar-refractivity contribution in [2.24, 2.45) is 5.92 Å². The third-order valence-corrected chi connectivity index (χ3v) is 3.98. The van der Waals surface area contributed by atoms with Gasteiger partial charge in [-0.05, 0) is 24.0 Å². The Balaban J connectivity index is 2.96. The van der Waals surface area contributed by atoms with E-state index in [1.54, 1.807) is 12.1 Å². The summed E-state index contributed by atoms with van der Waals surface area (Å²) in [5.74, 6) is 0.783. The predicted molar refractivity (Wildman–Crippen MR) is 70.9 cm³/mol. The first kappa shape index (κ1) is 14.0. The second-order valence-electron chi connectivity index (χ2n) is 4.23. The molecular formula is C12H16BrNO3. The fraction of sp³-hybridized carbons (Fsp3) is 0.500. The van der Waals surface area contributed by atoms with Crippen molar-refractivity contribution < 1.29 is 9.66 Å². The number of halogens is 1. The van der Waals surface area contributed by atoms with Crippen molar-refractivity contribution in [2.75, 3.05) is 7.11 Å². The summed E-state index contributed by atoms with van der Waals surface area (Å²) in [7, 11) is 1.43. The molecule has 0 spiro atoms. The minimum absolute atomic E-state index is 0.0217. The zero-order valence-electron chi connectivity index (χ0n) is 10.1.